The molecule has 0 atom stereocenters. The topological polar surface area (TPSA) is 54.0 Å². The van der Waals surface area contributed by atoms with Gasteiger partial charge in [-0.3, -0.25) is 0 Å². The van der Waals surface area contributed by atoms with Crippen LogP contribution in [0.4, 0.5) is 10.5 Å². The van der Waals surface area contributed by atoms with E-state index in [4.69, 9.17) is 9.47 Å². The third-order valence-corrected chi connectivity index (χ3v) is 3.81. The summed E-state index contributed by atoms with van der Waals surface area (Å²) in [4.78, 5) is 16.5. The first kappa shape index (κ1) is 14.0. The Labute approximate surface area is 124 Å². The number of fused-ring (bicyclic) bond motifs is 1. The second kappa shape index (κ2) is 6.22. The number of urea groups is 1. The lowest BCUT2D eigenvalue weighted by Gasteiger charge is -2.24. The van der Waals surface area contributed by atoms with E-state index in [9.17, 15) is 4.79 Å². The van der Waals surface area contributed by atoms with Crippen molar-refractivity contribution in [1.82, 2.24) is 9.80 Å². The first-order valence-electron chi connectivity index (χ1n) is 7.37. The fraction of sp³-hybridized carbons (Fsp3) is 0.533. The molecule has 1 N–H and O–H groups in total. The number of carbonyl (C=O) groups is 1. The summed E-state index contributed by atoms with van der Waals surface area (Å²) < 4.78 is 11.1. The fourth-order valence-corrected chi connectivity index (χ4v) is 2.62. The molecule has 0 saturated carbocycles. The Hall–Kier alpha value is -1.95. The predicted molar refractivity (Wildman–Crippen MR) is 80.1 cm³/mol. The molecule has 0 aromatic heterocycles. The van der Waals surface area contributed by atoms with Crippen LogP contribution in [-0.2, 0) is 0 Å². The Morgan fingerprint density at radius 3 is 2.90 bits per heavy atom. The van der Waals surface area contributed by atoms with Gasteiger partial charge in [-0.1, -0.05) is 6.07 Å². The van der Waals surface area contributed by atoms with Gasteiger partial charge in [0.1, 0.15) is 13.2 Å². The maximum atomic E-state index is 12.4. The second-order valence-electron chi connectivity index (χ2n) is 5.40. The standard InChI is InChI=1S/C15H21N3O3/c1-17-6-3-7-18(9-8-17)15(19)16-12-4-2-5-13-14(12)21-11-10-20-13/h2,4-5H,3,6-11H2,1H3,(H,16,19). The number of nitrogens with one attached hydrogen (secondary N) is 1. The third-order valence-electron chi connectivity index (χ3n) is 3.81. The number of likely N-dealkylation sites (N-methyl/N-ethyl adjacent to an activating group) is 1. The fourth-order valence-electron chi connectivity index (χ4n) is 2.62. The largest absolute Gasteiger partial charge is 0.486 e. The molecule has 0 spiro atoms. The number of para-hydroxylation sites is 1. The molecule has 2 heterocycles. The average Bonchev–Trinajstić information content (AvgIpc) is 2.72. The van der Waals surface area contributed by atoms with Gasteiger partial charge >= 0.3 is 6.03 Å². The van der Waals surface area contributed by atoms with Crippen LogP contribution >= 0.6 is 0 Å². The van der Waals surface area contributed by atoms with Gasteiger partial charge < -0.3 is 24.6 Å². The van der Waals surface area contributed by atoms with Gasteiger partial charge in [-0.15, -0.1) is 0 Å². The number of hydrogen-bond acceptors (Lipinski definition) is 4. The van der Waals surface area contributed by atoms with Crippen molar-refractivity contribution in [3.8, 4) is 11.5 Å². The molecule has 1 fully saturated rings. The zero-order valence-corrected chi connectivity index (χ0v) is 12.3. The maximum absolute atomic E-state index is 12.4. The molecule has 1 aromatic rings. The molecule has 0 radical (unpaired) electrons. The highest BCUT2D eigenvalue weighted by Crippen LogP contribution is 2.37. The van der Waals surface area contributed by atoms with E-state index in [0.717, 1.165) is 32.6 Å². The molecule has 3 rings (SSSR count). The van der Waals surface area contributed by atoms with Crippen molar-refractivity contribution < 1.29 is 14.3 Å². The Morgan fingerprint density at radius 1 is 1.14 bits per heavy atom. The van der Waals surface area contributed by atoms with E-state index in [1.807, 2.05) is 23.1 Å². The molecule has 21 heavy (non-hydrogen) atoms. The normalized spacial score (nSPS) is 19.0. The van der Waals surface area contributed by atoms with Crippen molar-refractivity contribution in [2.45, 2.75) is 6.42 Å². The van der Waals surface area contributed by atoms with Crippen LogP contribution in [0, 0.1) is 0 Å². The van der Waals surface area contributed by atoms with Gasteiger partial charge in [-0.25, -0.2) is 4.79 Å². The van der Waals surface area contributed by atoms with Gasteiger partial charge in [-0.2, -0.15) is 0 Å². The summed E-state index contributed by atoms with van der Waals surface area (Å²) in [5, 5.41) is 2.95. The van der Waals surface area contributed by atoms with Crippen molar-refractivity contribution in [1.29, 1.82) is 0 Å². The highest BCUT2D eigenvalue weighted by molar-refractivity contribution is 5.91. The minimum Gasteiger partial charge on any atom is -0.486 e. The highest BCUT2D eigenvalue weighted by Gasteiger charge is 2.21. The summed E-state index contributed by atoms with van der Waals surface area (Å²) >= 11 is 0. The molecule has 2 aliphatic heterocycles. The number of nitrogens with zero attached hydrogens (tertiary/aromatic N) is 2. The summed E-state index contributed by atoms with van der Waals surface area (Å²) in [6.07, 6.45) is 0.996. The summed E-state index contributed by atoms with van der Waals surface area (Å²) in [5.74, 6) is 1.32. The van der Waals surface area contributed by atoms with Crippen LogP contribution in [-0.4, -0.2) is 62.3 Å². The van der Waals surface area contributed by atoms with E-state index in [-0.39, 0.29) is 6.03 Å². The molecule has 1 saturated heterocycles. The zero-order chi connectivity index (χ0) is 14.7. The van der Waals surface area contributed by atoms with Crippen LogP contribution in [0.1, 0.15) is 6.42 Å². The molecule has 114 valence electrons. The smallest absolute Gasteiger partial charge is 0.321 e. The SMILES string of the molecule is CN1CCCN(C(=O)Nc2cccc3c2OCCO3)CC1. The van der Waals surface area contributed by atoms with Gasteiger partial charge in [0.2, 0.25) is 0 Å². The van der Waals surface area contributed by atoms with Crippen LogP contribution in [0.25, 0.3) is 0 Å². The van der Waals surface area contributed by atoms with Crippen LogP contribution in [0.2, 0.25) is 0 Å². The molecule has 0 bridgehead atoms. The van der Waals surface area contributed by atoms with Gasteiger partial charge in [0, 0.05) is 19.6 Å². The van der Waals surface area contributed by atoms with E-state index in [0.29, 0.717) is 30.4 Å². The minimum atomic E-state index is -0.0760. The lowest BCUT2D eigenvalue weighted by atomic mass is 10.2. The first-order valence-corrected chi connectivity index (χ1v) is 7.37. The summed E-state index contributed by atoms with van der Waals surface area (Å²) in [5.41, 5.74) is 0.676. The summed E-state index contributed by atoms with van der Waals surface area (Å²) in [6.45, 7) is 4.51. The third kappa shape index (κ3) is 3.21. The molecule has 2 amide bonds. The van der Waals surface area contributed by atoms with Crippen molar-refractivity contribution in [3.63, 3.8) is 0 Å². The molecule has 0 unspecified atom stereocenters. The quantitative estimate of drug-likeness (QED) is 0.854. The average molecular weight is 291 g/mol. The van der Waals surface area contributed by atoms with Crippen LogP contribution in [0.5, 0.6) is 11.5 Å². The lowest BCUT2D eigenvalue weighted by molar-refractivity contribution is 0.172. The molecule has 1 aromatic carbocycles. The number of carbonyl (C=O) groups excluding carboxylic acids is 1. The predicted octanol–water partition coefficient (Wildman–Crippen LogP) is 1.63. The highest BCUT2D eigenvalue weighted by atomic mass is 16.6. The van der Waals surface area contributed by atoms with Crippen molar-refractivity contribution >= 4 is 11.7 Å². The summed E-state index contributed by atoms with van der Waals surface area (Å²) in [6, 6.07) is 5.48. The van der Waals surface area contributed by atoms with Crippen molar-refractivity contribution in [2.24, 2.45) is 0 Å². The van der Waals surface area contributed by atoms with Crippen LogP contribution in [0.3, 0.4) is 0 Å². The van der Waals surface area contributed by atoms with E-state index < -0.39 is 0 Å². The van der Waals surface area contributed by atoms with Crippen molar-refractivity contribution in [3.05, 3.63) is 18.2 Å². The molecule has 6 nitrogen and oxygen atoms in total. The number of anilines is 1. The molecular weight excluding hydrogens is 270 g/mol. The number of hydrogen-bond donors (Lipinski definition) is 1. The Morgan fingerprint density at radius 2 is 2.00 bits per heavy atom. The van der Waals surface area contributed by atoms with Crippen LogP contribution < -0.4 is 14.8 Å². The maximum Gasteiger partial charge on any atom is 0.321 e. The lowest BCUT2D eigenvalue weighted by Crippen LogP contribution is -2.37. The monoisotopic (exact) mass is 291 g/mol. The molecule has 0 aliphatic carbocycles. The van der Waals surface area contributed by atoms with E-state index >= 15 is 0 Å². The Balaban J connectivity index is 1.70. The minimum absolute atomic E-state index is 0.0760. The molecular formula is C15H21N3O3. The van der Waals surface area contributed by atoms with Gasteiger partial charge in [-0.05, 0) is 32.1 Å². The number of benzene rings is 1. The molecule has 2 aliphatic rings. The van der Waals surface area contributed by atoms with Gasteiger partial charge in [0.25, 0.3) is 0 Å². The van der Waals surface area contributed by atoms with Gasteiger partial charge in [0.05, 0.1) is 5.69 Å². The number of ether oxygens (including phenoxy) is 2. The Kier molecular flexibility index (Phi) is 4.15. The van der Waals surface area contributed by atoms with E-state index in [1.165, 1.54) is 0 Å². The summed E-state index contributed by atoms with van der Waals surface area (Å²) in [7, 11) is 2.08. The second-order valence-corrected chi connectivity index (χ2v) is 5.40. The van der Waals surface area contributed by atoms with Crippen LogP contribution in [0.15, 0.2) is 18.2 Å². The number of amides is 2. The van der Waals surface area contributed by atoms with Crippen molar-refractivity contribution in [2.75, 3.05) is 51.8 Å². The van der Waals surface area contributed by atoms with E-state index in [1.54, 1.807) is 0 Å². The van der Waals surface area contributed by atoms with Gasteiger partial charge in [0.15, 0.2) is 11.5 Å². The number of rotatable bonds is 1. The first-order chi connectivity index (χ1) is 10.2. The Bertz CT molecular complexity index is 521. The zero-order valence-electron chi connectivity index (χ0n) is 12.3. The molecule has 6 heteroatoms. The van der Waals surface area contributed by atoms with E-state index in [2.05, 4.69) is 17.3 Å².